The van der Waals surface area contributed by atoms with Crippen LogP contribution in [0.25, 0.3) is 11.0 Å². The third kappa shape index (κ3) is 1.74. The van der Waals surface area contributed by atoms with Crippen LogP contribution in [0.5, 0.6) is 0 Å². The fourth-order valence-corrected chi connectivity index (χ4v) is 2.87. The topological polar surface area (TPSA) is 51.0 Å². The molecule has 0 aliphatic carbocycles. The van der Waals surface area contributed by atoms with Crippen LogP contribution in [0.3, 0.4) is 0 Å². The molecule has 21 heavy (non-hydrogen) atoms. The predicted octanol–water partition coefficient (Wildman–Crippen LogP) is 2.61. The molecule has 1 aliphatic rings. The monoisotopic (exact) mass is 278 g/mol. The first-order valence-corrected chi connectivity index (χ1v) is 6.94. The Morgan fingerprint density at radius 2 is 1.86 bits per heavy atom. The van der Waals surface area contributed by atoms with E-state index in [9.17, 15) is 4.79 Å². The summed E-state index contributed by atoms with van der Waals surface area (Å²) in [5.41, 5.74) is 3.63. The molecule has 2 heterocycles. The van der Waals surface area contributed by atoms with E-state index < -0.39 is 0 Å². The van der Waals surface area contributed by atoms with E-state index >= 15 is 0 Å². The van der Waals surface area contributed by atoms with E-state index in [1.165, 1.54) is 0 Å². The number of benzene rings is 2. The summed E-state index contributed by atoms with van der Waals surface area (Å²) < 4.78 is 1.80. The second-order valence-corrected chi connectivity index (χ2v) is 5.24. The van der Waals surface area contributed by atoms with E-state index in [0.29, 0.717) is 6.54 Å². The molecule has 0 saturated carbocycles. The van der Waals surface area contributed by atoms with Gasteiger partial charge in [-0.05, 0) is 30.7 Å². The van der Waals surface area contributed by atoms with E-state index in [1.54, 1.807) is 4.68 Å². The molecule has 0 fully saturated rings. The minimum atomic E-state index is -0.169. The summed E-state index contributed by atoms with van der Waals surface area (Å²) in [6.07, 6.45) is -0.169. The minimum absolute atomic E-state index is 0.0534. The molecular formula is C16H14N4O. The number of aromatic nitrogens is 3. The van der Waals surface area contributed by atoms with Crippen molar-refractivity contribution in [3.8, 4) is 0 Å². The zero-order valence-corrected chi connectivity index (χ0v) is 11.6. The van der Waals surface area contributed by atoms with Gasteiger partial charge in [0, 0.05) is 12.1 Å². The lowest BCUT2D eigenvalue weighted by Crippen LogP contribution is -2.31. The third-order valence-electron chi connectivity index (χ3n) is 4.03. The Kier molecular flexibility index (Phi) is 2.54. The standard InChI is InChI=1S/C16H14N4O/c1-11(20-15-9-5-4-8-14(15)17-18-20)19-10-12-6-2-3-7-13(12)16(19)21/h2-9,11H,10H2,1H3. The number of carbonyl (C=O) groups is 1. The number of fused-ring (bicyclic) bond motifs is 2. The Labute approximate surface area is 121 Å². The number of rotatable bonds is 2. The molecule has 104 valence electrons. The van der Waals surface area contributed by atoms with Crippen molar-refractivity contribution in [3.63, 3.8) is 0 Å². The summed E-state index contributed by atoms with van der Waals surface area (Å²) in [5, 5.41) is 8.37. The zero-order chi connectivity index (χ0) is 14.4. The Balaban J connectivity index is 1.74. The highest BCUT2D eigenvalue weighted by atomic mass is 16.2. The average molecular weight is 278 g/mol. The Bertz CT molecular complexity index is 839. The normalized spacial score (nSPS) is 15.5. The summed E-state index contributed by atoms with van der Waals surface area (Å²) in [6.45, 7) is 2.59. The number of nitrogens with zero attached hydrogens (tertiary/aromatic N) is 4. The van der Waals surface area contributed by atoms with Gasteiger partial charge in [-0.25, -0.2) is 4.68 Å². The molecule has 0 N–H and O–H groups in total. The Morgan fingerprint density at radius 3 is 2.71 bits per heavy atom. The third-order valence-corrected chi connectivity index (χ3v) is 4.03. The van der Waals surface area contributed by atoms with Gasteiger partial charge in [-0.2, -0.15) is 0 Å². The second kappa shape index (κ2) is 4.41. The zero-order valence-electron chi connectivity index (χ0n) is 11.6. The summed E-state index contributed by atoms with van der Waals surface area (Å²) in [7, 11) is 0. The average Bonchev–Trinajstić information content (AvgIpc) is 3.09. The fourth-order valence-electron chi connectivity index (χ4n) is 2.87. The highest BCUT2D eigenvalue weighted by molar-refractivity contribution is 5.98. The summed E-state index contributed by atoms with van der Waals surface area (Å²) in [5.74, 6) is 0.0534. The van der Waals surface area contributed by atoms with Crippen molar-refractivity contribution < 1.29 is 4.79 Å². The molecule has 2 aromatic carbocycles. The lowest BCUT2D eigenvalue weighted by molar-refractivity contribution is 0.0629. The minimum Gasteiger partial charge on any atom is -0.312 e. The van der Waals surface area contributed by atoms with Gasteiger partial charge in [0.2, 0.25) is 0 Å². The highest BCUT2D eigenvalue weighted by Gasteiger charge is 2.32. The maximum Gasteiger partial charge on any atom is 0.256 e. The summed E-state index contributed by atoms with van der Waals surface area (Å²) in [4.78, 5) is 14.4. The second-order valence-electron chi connectivity index (χ2n) is 5.24. The lowest BCUT2D eigenvalue weighted by atomic mass is 10.1. The molecule has 1 aliphatic heterocycles. The van der Waals surface area contributed by atoms with E-state index in [-0.39, 0.29) is 12.1 Å². The quantitative estimate of drug-likeness (QED) is 0.724. The van der Waals surface area contributed by atoms with Crippen LogP contribution >= 0.6 is 0 Å². The van der Waals surface area contributed by atoms with Crippen LogP contribution < -0.4 is 0 Å². The van der Waals surface area contributed by atoms with Crippen molar-refractivity contribution in [2.45, 2.75) is 19.6 Å². The SMILES string of the molecule is CC(N1Cc2ccccc2C1=O)n1nnc2ccccc21. The summed E-state index contributed by atoms with van der Waals surface area (Å²) in [6, 6.07) is 15.5. The molecule has 5 nitrogen and oxygen atoms in total. The van der Waals surface area contributed by atoms with Gasteiger partial charge in [-0.15, -0.1) is 5.10 Å². The van der Waals surface area contributed by atoms with Gasteiger partial charge >= 0.3 is 0 Å². The smallest absolute Gasteiger partial charge is 0.256 e. The van der Waals surface area contributed by atoms with Crippen LogP contribution in [0.2, 0.25) is 0 Å². The molecule has 0 spiro atoms. The van der Waals surface area contributed by atoms with Gasteiger partial charge in [0.15, 0.2) is 0 Å². The maximum atomic E-state index is 12.5. The molecule has 1 amide bonds. The van der Waals surface area contributed by atoms with Crippen molar-refractivity contribution in [3.05, 3.63) is 59.7 Å². The van der Waals surface area contributed by atoms with Gasteiger partial charge in [0.05, 0.1) is 5.52 Å². The molecular weight excluding hydrogens is 264 g/mol. The van der Waals surface area contributed by atoms with Gasteiger partial charge < -0.3 is 4.90 Å². The van der Waals surface area contributed by atoms with E-state index in [0.717, 1.165) is 22.2 Å². The molecule has 1 atom stereocenters. The number of hydrogen-bond acceptors (Lipinski definition) is 3. The largest absolute Gasteiger partial charge is 0.312 e. The molecule has 5 heteroatoms. The first-order chi connectivity index (χ1) is 10.3. The molecule has 0 radical (unpaired) electrons. The highest BCUT2D eigenvalue weighted by Crippen LogP contribution is 2.29. The van der Waals surface area contributed by atoms with E-state index in [2.05, 4.69) is 10.3 Å². The van der Waals surface area contributed by atoms with E-state index in [1.807, 2.05) is 60.4 Å². The van der Waals surface area contributed by atoms with Crippen LogP contribution in [0.15, 0.2) is 48.5 Å². The molecule has 1 unspecified atom stereocenters. The van der Waals surface area contributed by atoms with Crippen molar-refractivity contribution in [2.75, 3.05) is 0 Å². The van der Waals surface area contributed by atoms with Crippen LogP contribution in [0.1, 0.15) is 29.0 Å². The van der Waals surface area contributed by atoms with Gasteiger partial charge in [0.1, 0.15) is 11.7 Å². The van der Waals surface area contributed by atoms with Crippen LogP contribution in [0, 0.1) is 0 Å². The maximum absolute atomic E-state index is 12.5. The molecule has 0 bridgehead atoms. The number of carbonyl (C=O) groups excluding carboxylic acids is 1. The molecule has 3 aromatic rings. The van der Waals surface area contributed by atoms with Gasteiger partial charge in [-0.1, -0.05) is 35.5 Å². The Morgan fingerprint density at radius 1 is 1.10 bits per heavy atom. The van der Waals surface area contributed by atoms with Crippen molar-refractivity contribution in [2.24, 2.45) is 0 Å². The van der Waals surface area contributed by atoms with Crippen LogP contribution in [-0.2, 0) is 6.54 Å². The van der Waals surface area contributed by atoms with Crippen molar-refractivity contribution in [1.29, 1.82) is 0 Å². The number of hydrogen-bond donors (Lipinski definition) is 0. The molecule has 1 aromatic heterocycles. The molecule has 0 saturated heterocycles. The lowest BCUT2D eigenvalue weighted by Gasteiger charge is -2.24. The van der Waals surface area contributed by atoms with Crippen molar-refractivity contribution >= 4 is 16.9 Å². The first-order valence-electron chi connectivity index (χ1n) is 6.94. The first kappa shape index (κ1) is 12.1. The van der Waals surface area contributed by atoms with Crippen molar-refractivity contribution in [1.82, 2.24) is 19.9 Å². The van der Waals surface area contributed by atoms with E-state index in [4.69, 9.17) is 0 Å². The van der Waals surface area contributed by atoms with Gasteiger partial charge in [0.25, 0.3) is 5.91 Å². The Hall–Kier alpha value is -2.69. The molecule has 4 rings (SSSR count). The number of para-hydroxylation sites is 1. The summed E-state index contributed by atoms with van der Waals surface area (Å²) >= 11 is 0. The predicted molar refractivity (Wildman–Crippen MR) is 78.6 cm³/mol. The number of amides is 1. The fraction of sp³-hybridized carbons (Fsp3) is 0.188. The van der Waals surface area contributed by atoms with Crippen LogP contribution in [0.4, 0.5) is 0 Å². The van der Waals surface area contributed by atoms with Gasteiger partial charge in [-0.3, -0.25) is 4.79 Å². The van der Waals surface area contributed by atoms with Crippen LogP contribution in [-0.4, -0.2) is 25.8 Å².